The van der Waals surface area contributed by atoms with Crippen LogP contribution in [0.3, 0.4) is 0 Å². The number of urea groups is 1. The summed E-state index contributed by atoms with van der Waals surface area (Å²) in [5.74, 6) is 0.464. The average molecular weight is 278 g/mol. The maximum atomic E-state index is 11.7. The Hall–Kier alpha value is -2.15. The first-order valence-corrected chi connectivity index (χ1v) is 6.65. The highest BCUT2D eigenvalue weighted by Gasteiger charge is 2.13. The van der Waals surface area contributed by atoms with E-state index in [0.29, 0.717) is 18.2 Å². The SMILES string of the molecule is O=C(NCC1CCCNC1)Nc1ccc([N+](=O)[O-])cc1. The van der Waals surface area contributed by atoms with Crippen molar-refractivity contribution >= 4 is 17.4 Å². The molecule has 0 radical (unpaired) electrons. The largest absolute Gasteiger partial charge is 0.338 e. The lowest BCUT2D eigenvalue weighted by Gasteiger charge is -2.22. The monoisotopic (exact) mass is 278 g/mol. The molecule has 2 amide bonds. The summed E-state index contributed by atoms with van der Waals surface area (Å²) in [4.78, 5) is 21.7. The Labute approximate surface area is 116 Å². The van der Waals surface area contributed by atoms with Crippen molar-refractivity contribution in [3.05, 3.63) is 34.4 Å². The first-order chi connectivity index (χ1) is 9.65. The van der Waals surface area contributed by atoms with Crippen LogP contribution in [0.4, 0.5) is 16.2 Å². The Balaban J connectivity index is 1.77. The lowest BCUT2D eigenvalue weighted by atomic mass is 10.00. The number of non-ortho nitro benzene ring substituents is 1. The van der Waals surface area contributed by atoms with Gasteiger partial charge >= 0.3 is 6.03 Å². The number of hydrogen-bond donors (Lipinski definition) is 3. The maximum absolute atomic E-state index is 11.7. The second-order valence-electron chi connectivity index (χ2n) is 4.85. The van der Waals surface area contributed by atoms with Crippen LogP contribution in [-0.4, -0.2) is 30.6 Å². The Morgan fingerprint density at radius 1 is 1.40 bits per heavy atom. The molecule has 1 atom stereocenters. The molecule has 1 aromatic rings. The van der Waals surface area contributed by atoms with Crippen LogP contribution in [0.5, 0.6) is 0 Å². The minimum absolute atomic E-state index is 0.00392. The van der Waals surface area contributed by atoms with Crippen molar-refractivity contribution in [2.75, 3.05) is 25.0 Å². The number of anilines is 1. The van der Waals surface area contributed by atoms with E-state index in [2.05, 4.69) is 16.0 Å². The van der Waals surface area contributed by atoms with Crippen molar-refractivity contribution in [2.45, 2.75) is 12.8 Å². The fraction of sp³-hybridized carbons (Fsp3) is 0.462. The number of rotatable bonds is 4. The van der Waals surface area contributed by atoms with Crippen LogP contribution in [0.2, 0.25) is 0 Å². The van der Waals surface area contributed by atoms with Gasteiger partial charge in [0.05, 0.1) is 4.92 Å². The number of nitro benzene ring substituents is 1. The van der Waals surface area contributed by atoms with Gasteiger partial charge in [-0.2, -0.15) is 0 Å². The Bertz CT molecular complexity index is 469. The number of carbonyl (C=O) groups is 1. The topological polar surface area (TPSA) is 96.3 Å². The van der Waals surface area contributed by atoms with E-state index in [1.165, 1.54) is 24.3 Å². The van der Waals surface area contributed by atoms with Crippen LogP contribution < -0.4 is 16.0 Å². The fourth-order valence-electron chi connectivity index (χ4n) is 2.18. The quantitative estimate of drug-likeness (QED) is 0.577. The van der Waals surface area contributed by atoms with Gasteiger partial charge in [0.1, 0.15) is 0 Å². The molecule has 7 nitrogen and oxygen atoms in total. The minimum atomic E-state index is -0.472. The predicted octanol–water partition coefficient (Wildman–Crippen LogP) is 1.72. The number of piperidine rings is 1. The molecule has 0 saturated carbocycles. The van der Waals surface area contributed by atoms with E-state index in [1.54, 1.807) is 0 Å². The van der Waals surface area contributed by atoms with E-state index in [1.807, 2.05) is 0 Å². The van der Waals surface area contributed by atoms with Crippen LogP contribution in [0.15, 0.2) is 24.3 Å². The summed E-state index contributed by atoms with van der Waals surface area (Å²) in [5.41, 5.74) is 0.541. The standard InChI is InChI=1S/C13H18N4O3/c18-13(15-9-10-2-1-7-14-8-10)16-11-3-5-12(6-4-11)17(19)20/h3-6,10,14H,1-2,7-9H2,(H2,15,16,18). The lowest BCUT2D eigenvalue weighted by Crippen LogP contribution is -2.39. The number of nitrogens with one attached hydrogen (secondary N) is 3. The molecule has 20 heavy (non-hydrogen) atoms. The van der Waals surface area contributed by atoms with Gasteiger partial charge < -0.3 is 16.0 Å². The Morgan fingerprint density at radius 3 is 2.75 bits per heavy atom. The summed E-state index contributed by atoms with van der Waals surface area (Å²) >= 11 is 0. The Kier molecular flexibility index (Phi) is 4.89. The molecular weight excluding hydrogens is 260 g/mol. The fourth-order valence-corrected chi connectivity index (χ4v) is 2.18. The van der Waals surface area contributed by atoms with Gasteiger partial charge in [-0.25, -0.2) is 4.79 Å². The van der Waals surface area contributed by atoms with E-state index in [-0.39, 0.29) is 11.7 Å². The number of nitrogens with zero attached hydrogens (tertiary/aromatic N) is 1. The maximum Gasteiger partial charge on any atom is 0.319 e. The van der Waals surface area contributed by atoms with Gasteiger partial charge in [0, 0.05) is 24.4 Å². The molecule has 1 heterocycles. The molecule has 1 aromatic carbocycles. The molecule has 1 fully saturated rings. The van der Waals surface area contributed by atoms with Crippen LogP contribution in [0.1, 0.15) is 12.8 Å². The summed E-state index contributed by atoms with van der Waals surface area (Å²) in [6.07, 6.45) is 2.25. The van der Waals surface area contributed by atoms with Gasteiger partial charge in [-0.15, -0.1) is 0 Å². The van der Waals surface area contributed by atoms with Crippen LogP contribution in [0, 0.1) is 16.0 Å². The smallest absolute Gasteiger partial charge is 0.319 e. The molecule has 0 aliphatic carbocycles. The van der Waals surface area contributed by atoms with E-state index in [9.17, 15) is 14.9 Å². The van der Waals surface area contributed by atoms with Crippen molar-refractivity contribution < 1.29 is 9.72 Å². The van der Waals surface area contributed by atoms with Crippen molar-refractivity contribution in [3.63, 3.8) is 0 Å². The van der Waals surface area contributed by atoms with Crippen molar-refractivity contribution in [1.29, 1.82) is 0 Å². The van der Waals surface area contributed by atoms with E-state index < -0.39 is 4.92 Å². The van der Waals surface area contributed by atoms with E-state index in [0.717, 1.165) is 25.9 Å². The molecule has 0 aromatic heterocycles. The molecule has 7 heteroatoms. The Morgan fingerprint density at radius 2 is 2.15 bits per heavy atom. The van der Waals surface area contributed by atoms with Gasteiger partial charge in [-0.05, 0) is 44.0 Å². The zero-order valence-electron chi connectivity index (χ0n) is 11.1. The highest BCUT2D eigenvalue weighted by Crippen LogP contribution is 2.15. The number of carbonyl (C=O) groups excluding carboxylic acids is 1. The molecule has 0 bridgehead atoms. The zero-order valence-corrected chi connectivity index (χ0v) is 11.1. The average Bonchev–Trinajstić information content (AvgIpc) is 2.47. The molecule has 2 rings (SSSR count). The highest BCUT2D eigenvalue weighted by atomic mass is 16.6. The third-order valence-corrected chi connectivity index (χ3v) is 3.29. The van der Waals surface area contributed by atoms with Crippen molar-refractivity contribution in [1.82, 2.24) is 10.6 Å². The molecule has 1 unspecified atom stereocenters. The third-order valence-electron chi connectivity index (χ3n) is 3.29. The third kappa shape index (κ3) is 4.20. The number of nitro groups is 1. The van der Waals surface area contributed by atoms with E-state index in [4.69, 9.17) is 0 Å². The molecule has 108 valence electrons. The lowest BCUT2D eigenvalue weighted by molar-refractivity contribution is -0.384. The van der Waals surface area contributed by atoms with Gasteiger partial charge in [0.25, 0.3) is 5.69 Å². The van der Waals surface area contributed by atoms with Crippen molar-refractivity contribution in [2.24, 2.45) is 5.92 Å². The minimum Gasteiger partial charge on any atom is -0.338 e. The normalized spacial score (nSPS) is 18.3. The predicted molar refractivity (Wildman–Crippen MR) is 75.7 cm³/mol. The number of hydrogen-bond acceptors (Lipinski definition) is 4. The first-order valence-electron chi connectivity index (χ1n) is 6.65. The molecular formula is C13H18N4O3. The zero-order chi connectivity index (χ0) is 14.4. The number of benzene rings is 1. The molecule has 3 N–H and O–H groups in total. The van der Waals surface area contributed by atoms with Crippen LogP contribution >= 0.6 is 0 Å². The summed E-state index contributed by atoms with van der Waals surface area (Å²) in [6.45, 7) is 2.61. The van der Waals surface area contributed by atoms with E-state index >= 15 is 0 Å². The van der Waals surface area contributed by atoms with Gasteiger partial charge in [-0.3, -0.25) is 10.1 Å². The molecule has 1 saturated heterocycles. The van der Waals surface area contributed by atoms with Gasteiger partial charge in [-0.1, -0.05) is 0 Å². The van der Waals surface area contributed by atoms with Gasteiger partial charge in [0.15, 0.2) is 0 Å². The molecule has 1 aliphatic heterocycles. The summed E-state index contributed by atoms with van der Waals surface area (Å²) < 4.78 is 0. The summed E-state index contributed by atoms with van der Waals surface area (Å²) in [6, 6.07) is 5.46. The summed E-state index contributed by atoms with van der Waals surface area (Å²) in [5, 5.41) is 19.3. The van der Waals surface area contributed by atoms with Crippen LogP contribution in [0.25, 0.3) is 0 Å². The first kappa shape index (κ1) is 14.3. The summed E-state index contributed by atoms with van der Waals surface area (Å²) in [7, 11) is 0. The van der Waals surface area contributed by atoms with Gasteiger partial charge in [0.2, 0.25) is 0 Å². The van der Waals surface area contributed by atoms with Crippen molar-refractivity contribution in [3.8, 4) is 0 Å². The molecule has 1 aliphatic rings. The number of amides is 2. The highest BCUT2D eigenvalue weighted by molar-refractivity contribution is 5.89. The second-order valence-corrected chi connectivity index (χ2v) is 4.85. The van der Waals surface area contributed by atoms with Crippen LogP contribution in [-0.2, 0) is 0 Å². The second kappa shape index (κ2) is 6.85. The molecule has 0 spiro atoms.